The maximum absolute atomic E-state index is 13.3. The summed E-state index contributed by atoms with van der Waals surface area (Å²) in [6.45, 7) is 1.70. The first-order chi connectivity index (χ1) is 17.4. The summed E-state index contributed by atoms with van der Waals surface area (Å²) in [6, 6.07) is 15.0. The number of nitrogens with one attached hydrogen (secondary N) is 1. The fourth-order valence-corrected chi connectivity index (χ4v) is 4.75. The van der Waals surface area contributed by atoms with Gasteiger partial charge >= 0.3 is 0 Å². The molecular weight excluding hydrogens is 478 g/mol. The average Bonchev–Trinajstić information content (AvgIpc) is 3.66. The molecule has 0 saturated heterocycles. The second-order valence-corrected chi connectivity index (χ2v) is 9.61. The highest BCUT2D eigenvalue weighted by molar-refractivity contribution is 6.31. The lowest BCUT2D eigenvalue weighted by atomic mass is 10.0. The Morgan fingerprint density at radius 3 is 2.64 bits per heavy atom. The molecule has 7 nitrogen and oxygen atoms in total. The molecule has 36 heavy (non-hydrogen) atoms. The molecule has 1 aromatic heterocycles. The van der Waals surface area contributed by atoms with Crippen molar-refractivity contribution in [2.45, 2.75) is 25.3 Å². The Balaban J connectivity index is 1.42. The van der Waals surface area contributed by atoms with E-state index >= 15 is 0 Å². The smallest absolute Gasteiger partial charge is 0.252 e. The first-order valence-corrected chi connectivity index (χ1v) is 12.5. The molecule has 1 aliphatic carbocycles. The largest absolute Gasteiger partial charge is 0.485 e. The fraction of sp³-hybridized carbons (Fsp3) is 0.286. The molecule has 1 fully saturated rings. The molecule has 0 bridgehead atoms. The Labute approximate surface area is 213 Å². The van der Waals surface area contributed by atoms with Crippen LogP contribution < -0.4 is 15.8 Å². The van der Waals surface area contributed by atoms with Gasteiger partial charge in [-0.05, 0) is 65.4 Å². The van der Waals surface area contributed by atoms with Gasteiger partial charge in [0.2, 0.25) is 5.78 Å². The Morgan fingerprint density at radius 1 is 1.06 bits per heavy atom. The number of hydrogen-bond donors (Lipinski definition) is 3. The summed E-state index contributed by atoms with van der Waals surface area (Å²) in [6.07, 6.45) is 4.26. The molecule has 0 atom stereocenters. The first-order valence-electron chi connectivity index (χ1n) is 12.1. The minimum absolute atomic E-state index is 0.0778. The van der Waals surface area contributed by atoms with Crippen molar-refractivity contribution in [3.63, 3.8) is 0 Å². The number of halogens is 1. The highest BCUT2D eigenvalue weighted by Crippen LogP contribution is 2.41. The lowest BCUT2D eigenvalue weighted by Gasteiger charge is -2.11. The Morgan fingerprint density at radius 2 is 1.89 bits per heavy atom. The number of aromatic nitrogens is 1. The van der Waals surface area contributed by atoms with Gasteiger partial charge in [0.1, 0.15) is 5.75 Å². The molecule has 4 N–H and O–H groups in total. The lowest BCUT2D eigenvalue weighted by Crippen LogP contribution is -2.22. The van der Waals surface area contributed by atoms with Crippen LogP contribution in [0.1, 0.15) is 45.0 Å². The lowest BCUT2D eigenvalue weighted by molar-refractivity contribution is 0.0913. The van der Waals surface area contributed by atoms with Gasteiger partial charge in [-0.2, -0.15) is 0 Å². The van der Waals surface area contributed by atoms with Crippen LogP contribution >= 0.6 is 11.6 Å². The number of ether oxygens (including phenoxy) is 1. The van der Waals surface area contributed by atoms with E-state index in [1.807, 2.05) is 18.3 Å². The molecule has 8 heteroatoms. The van der Waals surface area contributed by atoms with Crippen molar-refractivity contribution in [2.24, 2.45) is 5.73 Å². The Hall–Kier alpha value is -3.39. The van der Waals surface area contributed by atoms with Crippen molar-refractivity contribution in [3.05, 3.63) is 76.4 Å². The van der Waals surface area contributed by atoms with Gasteiger partial charge in [-0.3, -0.25) is 9.59 Å². The summed E-state index contributed by atoms with van der Waals surface area (Å²) in [4.78, 5) is 25.4. The van der Waals surface area contributed by atoms with Crippen LogP contribution in [0.15, 0.2) is 54.7 Å². The molecule has 186 valence electrons. The average molecular weight is 506 g/mol. The minimum Gasteiger partial charge on any atom is -0.485 e. The third kappa shape index (κ3) is 5.09. The Kier molecular flexibility index (Phi) is 6.96. The molecule has 5 rings (SSSR count). The van der Waals surface area contributed by atoms with E-state index in [1.54, 1.807) is 24.3 Å². The second kappa shape index (κ2) is 10.3. The summed E-state index contributed by atoms with van der Waals surface area (Å²) in [5.41, 5.74) is 8.66. The number of aliphatic hydroxyl groups excluding tert-OH is 1. The van der Waals surface area contributed by atoms with Crippen LogP contribution in [0.25, 0.3) is 21.7 Å². The number of Topliss-reactive ketones (excluding diaryl/α,β-unsaturated/α-hetero) is 1. The third-order valence-corrected chi connectivity index (χ3v) is 6.83. The number of carbonyl (C=O) groups is 2. The molecular formula is C28H28ClN3O4. The zero-order valence-corrected chi connectivity index (χ0v) is 20.6. The summed E-state index contributed by atoms with van der Waals surface area (Å²) < 4.78 is 7.94. The van der Waals surface area contributed by atoms with Crippen molar-refractivity contribution in [3.8, 4) is 5.75 Å². The van der Waals surface area contributed by atoms with Crippen molar-refractivity contribution >= 4 is 45.0 Å². The van der Waals surface area contributed by atoms with Crippen LogP contribution in [0.4, 0.5) is 0 Å². The van der Waals surface area contributed by atoms with Crippen LogP contribution in [0.5, 0.6) is 5.75 Å². The van der Waals surface area contributed by atoms with Gasteiger partial charge in [0.15, 0.2) is 6.61 Å². The van der Waals surface area contributed by atoms with Crippen LogP contribution in [-0.4, -0.2) is 47.7 Å². The molecule has 1 heterocycles. The van der Waals surface area contributed by atoms with E-state index in [1.165, 1.54) is 18.4 Å². The summed E-state index contributed by atoms with van der Waals surface area (Å²) in [5.74, 6) is 0.0353. The Bertz CT molecular complexity index is 1460. The molecule has 3 aromatic carbocycles. The molecule has 4 aromatic rings. The van der Waals surface area contributed by atoms with E-state index in [0.717, 1.165) is 21.7 Å². The monoisotopic (exact) mass is 505 g/mol. The van der Waals surface area contributed by atoms with Gasteiger partial charge in [0.05, 0.1) is 12.2 Å². The molecule has 0 spiro atoms. The summed E-state index contributed by atoms with van der Waals surface area (Å²) in [5, 5.41) is 15.2. The maximum Gasteiger partial charge on any atom is 0.252 e. The second-order valence-electron chi connectivity index (χ2n) is 9.18. The number of hydrogen-bond acceptors (Lipinski definition) is 5. The zero-order chi connectivity index (χ0) is 25.2. The van der Waals surface area contributed by atoms with E-state index in [2.05, 4.69) is 22.0 Å². The van der Waals surface area contributed by atoms with E-state index in [0.29, 0.717) is 36.1 Å². The van der Waals surface area contributed by atoms with E-state index in [4.69, 9.17) is 27.2 Å². The van der Waals surface area contributed by atoms with Gasteiger partial charge in [0, 0.05) is 47.3 Å². The SMILES string of the molecule is NC(=O)c1cc2cc(Cl)ccc2cc1OCC(=O)c1cn(CCNCCO)c2cc(C3CC3)ccc12. The number of carbonyl (C=O) groups excluding carboxylic acids is 2. The minimum atomic E-state index is -0.640. The topological polar surface area (TPSA) is 107 Å². The van der Waals surface area contributed by atoms with Crippen molar-refractivity contribution < 1.29 is 19.4 Å². The van der Waals surface area contributed by atoms with Crippen LogP contribution in [0.2, 0.25) is 5.02 Å². The van der Waals surface area contributed by atoms with E-state index in [-0.39, 0.29) is 30.3 Å². The van der Waals surface area contributed by atoms with E-state index in [9.17, 15) is 9.59 Å². The normalized spacial score (nSPS) is 13.4. The summed E-state index contributed by atoms with van der Waals surface area (Å²) >= 11 is 6.08. The number of nitrogens with two attached hydrogens (primary N) is 1. The highest BCUT2D eigenvalue weighted by Gasteiger charge is 2.25. The first kappa shape index (κ1) is 24.3. The van der Waals surface area contributed by atoms with Gasteiger partial charge < -0.3 is 25.5 Å². The van der Waals surface area contributed by atoms with Crippen molar-refractivity contribution in [1.29, 1.82) is 0 Å². The van der Waals surface area contributed by atoms with Crippen LogP contribution in [0.3, 0.4) is 0 Å². The van der Waals surface area contributed by atoms with Crippen molar-refractivity contribution in [1.82, 2.24) is 9.88 Å². The third-order valence-electron chi connectivity index (χ3n) is 6.60. The summed E-state index contributed by atoms with van der Waals surface area (Å²) in [7, 11) is 0. The van der Waals surface area contributed by atoms with Gasteiger partial charge in [-0.1, -0.05) is 29.8 Å². The van der Waals surface area contributed by atoms with Crippen LogP contribution in [-0.2, 0) is 6.54 Å². The number of primary amides is 1. The maximum atomic E-state index is 13.3. The molecule has 1 saturated carbocycles. The predicted molar refractivity (Wildman–Crippen MR) is 141 cm³/mol. The number of fused-ring (bicyclic) bond motifs is 2. The number of ketones is 1. The standard InChI is InChI=1S/C28H28ClN3O4/c29-21-5-3-19-14-27(23(28(30)35)12-20(19)11-21)36-16-26(34)24-15-32(9-7-31-8-10-33)25-13-18(17-1-2-17)4-6-22(24)25/h3-6,11-15,17,31,33H,1-2,7-10,16H2,(H2,30,35). The molecule has 1 amide bonds. The number of rotatable bonds is 11. The number of nitrogens with zero attached hydrogens (tertiary/aromatic N) is 1. The molecule has 0 radical (unpaired) electrons. The van der Waals surface area contributed by atoms with Gasteiger partial charge in [0.25, 0.3) is 5.91 Å². The molecule has 0 aliphatic heterocycles. The number of benzene rings is 3. The quantitative estimate of drug-likeness (QED) is 0.208. The van der Waals surface area contributed by atoms with Gasteiger partial charge in [-0.25, -0.2) is 0 Å². The molecule has 0 unspecified atom stereocenters. The molecule has 1 aliphatic rings. The number of amides is 1. The van der Waals surface area contributed by atoms with E-state index < -0.39 is 5.91 Å². The highest BCUT2D eigenvalue weighted by atomic mass is 35.5. The zero-order valence-electron chi connectivity index (χ0n) is 19.8. The number of aliphatic hydroxyl groups is 1. The van der Waals surface area contributed by atoms with Gasteiger partial charge in [-0.15, -0.1) is 0 Å². The van der Waals surface area contributed by atoms with Crippen molar-refractivity contribution in [2.75, 3.05) is 26.3 Å². The predicted octanol–water partition coefficient (Wildman–Crippen LogP) is 4.27. The fourth-order valence-electron chi connectivity index (χ4n) is 4.57. The van der Waals surface area contributed by atoms with Crippen LogP contribution in [0, 0.1) is 0 Å².